The minimum atomic E-state index is -0.409. The zero-order chi connectivity index (χ0) is 15.0. The number of nitrogens with two attached hydrogens (primary N) is 1. The van der Waals surface area contributed by atoms with Crippen LogP contribution < -0.4 is 10.5 Å². The van der Waals surface area contributed by atoms with E-state index >= 15 is 0 Å². The van der Waals surface area contributed by atoms with Crippen LogP contribution in [0.4, 0.5) is 5.69 Å². The SMILES string of the molecule is COc1c(N)ccnc1/C=C/B1OC(C)(C)C(C)(C)O1. The lowest BCUT2D eigenvalue weighted by molar-refractivity contribution is 0.00578. The van der Waals surface area contributed by atoms with Crippen molar-refractivity contribution < 1.29 is 14.0 Å². The first-order valence-electron chi connectivity index (χ1n) is 6.59. The van der Waals surface area contributed by atoms with Crippen LogP contribution >= 0.6 is 0 Å². The summed E-state index contributed by atoms with van der Waals surface area (Å²) < 4.78 is 17.0. The molecule has 0 radical (unpaired) electrons. The monoisotopic (exact) mass is 276 g/mol. The maximum atomic E-state index is 5.88. The quantitative estimate of drug-likeness (QED) is 0.858. The predicted molar refractivity (Wildman–Crippen MR) is 80.3 cm³/mol. The van der Waals surface area contributed by atoms with Crippen molar-refractivity contribution in [1.82, 2.24) is 4.98 Å². The molecule has 0 aliphatic carbocycles. The standard InChI is InChI=1S/C14H21BN2O3/c1-13(2)14(3,4)20-15(19-13)8-6-11-12(18-5)10(16)7-9-17-11/h6-9H,1-5H3,(H2,16,17)/b8-6+. The highest BCUT2D eigenvalue weighted by Gasteiger charge is 2.50. The molecule has 0 saturated carbocycles. The first kappa shape index (κ1) is 14.9. The minimum Gasteiger partial charge on any atom is -0.492 e. The topological polar surface area (TPSA) is 66.6 Å². The summed E-state index contributed by atoms with van der Waals surface area (Å²) >= 11 is 0. The third-order valence-electron chi connectivity index (χ3n) is 3.85. The lowest BCUT2D eigenvalue weighted by atomic mass is 9.89. The number of aromatic nitrogens is 1. The van der Waals surface area contributed by atoms with Gasteiger partial charge in [0, 0.05) is 6.20 Å². The Kier molecular flexibility index (Phi) is 3.80. The van der Waals surface area contributed by atoms with Gasteiger partial charge in [0.15, 0.2) is 5.75 Å². The molecule has 0 bridgehead atoms. The summed E-state index contributed by atoms with van der Waals surface area (Å²) in [6, 6.07) is 1.70. The molecule has 1 aromatic heterocycles. The normalized spacial score (nSPS) is 20.6. The summed E-state index contributed by atoms with van der Waals surface area (Å²) in [5.74, 6) is 2.38. The van der Waals surface area contributed by atoms with Crippen molar-refractivity contribution in [2.45, 2.75) is 38.9 Å². The number of nitrogens with zero attached hydrogens (tertiary/aromatic N) is 1. The third kappa shape index (κ3) is 2.67. The molecule has 1 aromatic rings. The first-order valence-corrected chi connectivity index (χ1v) is 6.59. The van der Waals surface area contributed by atoms with Gasteiger partial charge in [-0.3, -0.25) is 4.98 Å². The molecular weight excluding hydrogens is 255 g/mol. The van der Waals surface area contributed by atoms with Gasteiger partial charge in [-0.2, -0.15) is 0 Å². The molecule has 6 heteroatoms. The highest BCUT2D eigenvalue weighted by atomic mass is 16.7. The van der Waals surface area contributed by atoms with Gasteiger partial charge in [0.1, 0.15) is 5.69 Å². The second-order valence-electron chi connectivity index (χ2n) is 5.80. The van der Waals surface area contributed by atoms with Crippen LogP contribution in [0.15, 0.2) is 18.2 Å². The summed E-state index contributed by atoms with van der Waals surface area (Å²) in [5.41, 5.74) is 6.34. The fraction of sp³-hybridized carbons (Fsp3) is 0.500. The summed E-state index contributed by atoms with van der Waals surface area (Å²) in [4.78, 5) is 4.24. The second kappa shape index (κ2) is 5.11. The molecular formula is C14H21BN2O3. The molecule has 0 spiro atoms. The number of nitrogen functional groups attached to an aromatic ring is 1. The molecule has 2 heterocycles. The molecule has 2 N–H and O–H groups in total. The molecule has 1 aliphatic rings. The minimum absolute atomic E-state index is 0.352. The van der Waals surface area contributed by atoms with Gasteiger partial charge in [-0.15, -0.1) is 0 Å². The van der Waals surface area contributed by atoms with Gasteiger partial charge in [0.2, 0.25) is 0 Å². The van der Waals surface area contributed by atoms with E-state index in [1.54, 1.807) is 25.4 Å². The van der Waals surface area contributed by atoms with E-state index in [2.05, 4.69) is 4.98 Å². The Bertz CT molecular complexity index is 513. The zero-order valence-electron chi connectivity index (χ0n) is 12.6. The molecule has 0 unspecified atom stereocenters. The summed E-state index contributed by atoms with van der Waals surface area (Å²) in [6.45, 7) is 8.06. The highest BCUT2D eigenvalue weighted by molar-refractivity contribution is 6.52. The molecule has 2 rings (SSSR count). The molecule has 1 aliphatic heterocycles. The Labute approximate surface area is 120 Å². The van der Waals surface area contributed by atoms with Crippen LogP contribution in [-0.2, 0) is 9.31 Å². The maximum Gasteiger partial charge on any atom is 0.487 e. The Morgan fingerprint density at radius 3 is 2.40 bits per heavy atom. The average Bonchev–Trinajstić information content (AvgIpc) is 2.55. The number of hydrogen-bond acceptors (Lipinski definition) is 5. The Morgan fingerprint density at radius 1 is 1.25 bits per heavy atom. The van der Waals surface area contributed by atoms with Crippen LogP contribution in [0.5, 0.6) is 5.75 Å². The van der Waals surface area contributed by atoms with Gasteiger partial charge in [-0.1, -0.05) is 5.98 Å². The van der Waals surface area contributed by atoms with Gasteiger partial charge in [0.25, 0.3) is 0 Å². The molecule has 108 valence electrons. The number of pyridine rings is 1. The van der Waals surface area contributed by atoms with E-state index in [-0.39, 0.29) is 11.2 Å². The summed E-state index contributed by atoms with van der Waals surface area (Å²) in [7, 11) is 1.16. The fourth-order valence-electron chi connectivity index (χ4n) is 1.96. The van der Waals surface area contributed by atoms with Gasteiger partial charge in [0.05, 0.1) is 24.0 Å². The van der Waals surface area contributed by atoms with E-state index in [9.17, 15) is 0 Å². The van der Waals surface area contributed by atoms with Crippen molar-refractivity contribution in [2.75, 3.05) is 12.8 Å². The van der Waals surface area contributed by atoms with Crippen LogP contribution in [0.3, 0.4) is 0 Å². The van der Waals surface area contributed by atoms with Gasteiger partial charge in [-0.25, -0.2) is 0 Å². The predicted octanol–water partition coefficient (Wildman–Crippen LogP) is 2.32. The molecule has 0 amide bonds. The van der Waals surface area contributed by atoms with Gasteiger partial charge < -0.3 is 19.8 Å². The number of ether oxygens (including phenoxy) is 1. The average molecular weight is 276 g/mol. The highest BCUT2D eigenvalue weighted by Crippen LogP contribution is 2.37. The maximum absolute atomic E-state index is 5.88. The van der Waals surface area contributed by atoms with E-state index in [1.165, 1.54) is 0 Å². The van der Waals surface area contributed by atoms with Gasteiger partial charge >= 0.3 is 7.12 Å². The number of anilines is 1. The lowest BCUT2D eigenvalue weighted by Crippen LogP contribution is -2.41. The molecule has 1 saturated heterocycles. The number of hydrogen-bond donors (Lipinski definition) is 1. The van der Waals surface area contributed by atoms with Crippen LogP contribution in [0.25, 0.3) is 6.08 Å². The van der Waals surface area contributed by atoms with Crippen molar-refractivity contribution in [3.05, 3.63) is 23.9 Å². The molecule has 0 aromatic carbocycles. The van der Waals surface area contributed by atoms with Gasteiger partial charge in [-0.05, 0) is 39.8 Å². The van der Waals surface area contributed by atoms with Crippen molar-refractivity contribution in [2.24, 2.45) is 0 Å². The van der Waals surface area contributed by atoms with Crippen LogP contribution in [0.1, 0.15) is 33.4 Å². The summed E-state index contributed by atoms with van der Waals surface area (Å²) in [5, 5.41) is 0. The largest absolute Gasteiger partial charge is 0.492 e. The number of methoxy groups -OCH3 is 1. The zero-order valence-corrected chi connectivity index (χ0v) is 12.6. The van der Waals surface area contributed by atoms with E-state index < -0.39 is 7.12 Å². The third-order valence-corrected chi connectivity index (χ3v) is 3.85. The van der Waals surface area contributed by atoms with Crippen molar-refractivity contribution in [1.29, 1.82) is 0 Å². The first-order chi connectivity index (χ1) is 9.27. The molecule has 1 fully saturated rings. The molecule has 0 atom stereocenters. The Hall–Kier alpha value is -1.53. The van der Waals surface area contributed by atoms with Crippen molar-refractivity contribution in [3.63, 3.8) is 0 Å². The van der Waals surface area contributed by atoms with Crippen LogP contribution in [-0.4, -0.2) is 30.4 Å². The van der Waals surface area contributed by atoms with Crippen LogP contribution in [0, 0.1) is 0 Å². The van der Waals surface area contributed by atoms with E-state index in [0.717, 1.165) is 0 Å². The molecule has 5 nitrogen and oxygen atoms in total. The second-order valence-corrected chi connectivity index (χ2v) is 5.80. The molecule has 20 heavy (non-hydrogen) atoms. The van der Waals surface area contributed by atoms with Crippen molar-refractivity contribution >= 4 is 18.9 Å². The number of rotatable bonds is 3. The van der Waals surface area contributed by atoms with Crippen molar-refractivity contribution in [3.8, 4) is 5.75 Å². The smallest absolute Gasteiger partial charge is 0.487 e. The Balaban J connectivity index is 2.18. The summed E-state index contributed by atoms with van der Waals surface area (Å²) in [6.07, 6.45) is 3.44. The van der Waals surface area contributed by atoms with E-state index in [0.29, 0.717) is 17.1 Å². The van der Waals surface area contributed by atoms with E-state index in [4.69, 9.17) is 19.8 Å². The fourth-order valence-corrected chi connectivity index (χ4v) is 1.96. The lowest BCUT2D eigenvalue weighted by Gasteiger charge is -2.32. The van der Waals surface area contributed by atoms with E-state index in [1.807, 2.05) is 33.7 Å². The van der Waals surface area contributed by atoms with Crippen LogP contribution in [0.2, 0.25) is 0 Å². The Morgan fingerprint density at radius 2 is 1.85 bits per heavy atom.